The second kappa shape index (κ2) is 9.38. The maximum Gasteiger partial charge on any atom is 0.173 e. The number of hydrogen-bond acceptors (Lipinski definition) is 3. The van der Waals surface area contributed by atoms with Gasteiger partial charge in [-0.3, -0.25) is 0 Å². The third-order valence-electron chi connectivity index (χ3n) is 4.96. The van der Waals surface area contributed by atoms with Crippen LogP contribution in [0.2, 0.25) is 0 Å². The summed E-state index contributed by atoms with van der Waals surface area (Å²) >= 11 is 5.61. The quantitative estimate of drug-likeness (QED) is 0.780. The minimum atomic E-state index is 0.731. The van der Waals surface area contributed by atoms with Gasteiger partial charge in [0.15, 0.2) is 5.11 Å². The van der Waals surface area contributed by atoms with Crippen LogP contribution in [-0.4, -0.2) is 36.2 Å². The lowest BCUT2D eigenvalue weighted by Crippen LogP contribution is -2.50. The van der Waals surface area contributed by atoms with Crippen molar-refractivity contribution in [1.29, 1.82) is 5.26 Å². The van der Waals surface area contributed by atoms with Crippen LogP contribution in [0.15, 0.2) is 48.5 Å². The molecule has 0 unspecified atom stereocenters. The van der Waals surface area contributed by atoms with E-state index in [4.69, 9.17) is 12.2 Å². The number of nitrogens with one attached hydrogen (secondary N) is 1. The van der Waals surface area contributed by atoms with Gasteiger partial charge in [0, 0.05) is 31.9 Å². The van der Waals surface area contributed by atoms with Gasteiger partial charge in [-0.05, 0) is 54.9 Å². The Bertz CT molecular complexity index is 802. The highest BCUT2D eigenvalue weighted by molar-refractivity contribution is 7.80. The first-order valence-electron chi connectivity index (χ1n) is 9.60. The first-order chi connectivity index (χ1) is 13.2. The zero-order valence-corrected chi connectivity index (χ0v) is 16.6. The van der Waals surface area contributed by atoms with E-state index in [-0.39, 0.29) is 0 Å². The zero-order valence-electron chi connectivity index (χ0n) is 15.8. The zero-order chi connectivity index (χ0) is 19.1. The summed E-state index contributed by atoms with van der Waals surface area (Å²) in [6.07, 6.45) is 3.58. The van der Waals surface area contributed by atoms with Crippen LogP contribution in [0.3, 0.4) is 0 Å². The number of piperazine rings is 1. The van der Waals surface area contributed by atoms with Crippen molar-refractivity contribution in [3.8, 4) is 6.07 Å². The average molecular weight is 379 g/mol. The molecule has 2 aromatic rings. The molecule has 140 valence electrons. The first-order valence-corrected chi connectivity index (χ1v) is 10.0. The highest BCUT2D eigenvalue weighted by atomic mass is 32.1. The van der Waals surface area contributed by atoms with Crippen molar-refractivity contribution in [3.63, 3.8) is 0 Å². The van der Waals surface area contributed by atoms with Crippen molar-refractivity contribution >= 4 is 28.7 Å². The number of benzene rings is 2. The normalized spacial score (nSPS) is 13.9. The van der Waals surface area contributed by atoms with Crippen LogP contribution in [0, 0.1) is 11.3 Å². The number of nitrogens with zero attached hydrogens (tertiary/aromatic N) is 3. The fourth-order valence-corrected chi connectivity index (χ4v) is 3.63. The van der Waals surface area contributed by atoms with Crippen LogP contribution >= 0.6 is 12.2 Å². The molecule has 4 nitrogen and oxygen atoms in total. The Morgan fingerprint density at radius 1 is 1.07 bits per heavy atom. The summed E-state index contributed by atoms with van der Waals surface area (Å²) in [5, 5.41) is 13.4. The summed E-state index contributed by atoms with van der Waals surface area (Å²) in [6, 6.07) is 18.6. The second-order valence-electron chi connectivity index (χ2n) is 6.83. The molecule has 0 radical (unpaired) electrons. The molecule has 0 amide bonds. The van der Waals surface area contributed by atoms with Gasteiger partial charge in [0.25, 0.3) is 0 Å². The van der Waals surface area contributed by atoms with Crippen LogP contribution in [0.1, 0.15) is 30.9 Å². The molecule has 0 bridgehead atoms. The molecule has 1 aliphatic rings. The monoisotopic (exact) mass is 378 g/mol. The van der Waals surface area contributed by atoms with E-state index >= 15 is 0 Å². The van der Waals surface area contributed by atoms with E-state index in [1.165, 1.54) is 18.4 Å². The first kappa shape index (κ1) is 19.2. The second-order valence-corrected chi connectivity index (χ2v) is 7.22. The van der Waals surface area contributed by atoms with Gasteiger partial charge in [0.2, 0.25) is 0 Å². The molecule has 3 rings (SSSR count). The molecule has 5 heteroatoms. The molecular weight excluding hydrogens is 352 g/mol. The van der Waals surface area contributed by atoms with Crippen LogP contribution in [0.25, 0.3) is 0 Å². The highest BCUT2D eigenvalue weighted by Gasteiger charge is 2.20. The SMILES string of the molecule is CCCCc1ccc(NC(=S)N2CCN(c3ccccc3C#N)CC2)cc1. The van der Waals surface area contributed by atoms with Gasteiger partial charge in [-0.25, -0.2) is 0 Å². The summed E-state index contributed by atoms with van der Waals surface area (Å²) in [5.74, 6) is 0. The van der Waals surface area contributed by atoms with Crippen LogP contribution in [0.4, 0.5) is 11.4 Å². The van der Waals surface area contributed by atoms with Crippen molar-refractivity contribution in [2.24, 2.45) is 0 Å². The van der Waals surface area contributed by atoms with Crippen molar-refractivity contribution in [3.05, 3.63) is 59.7 Å². The Morgan fingerprint density at radius 2 is 1.78 bits per heavy atom. The van der Waals surface area contributed by atoms with Crippen LogP contribution in [-0.2, 0) is 6.42 Å². The van der Waals surface area contributed by atoms with Gasteiger partial charge in [-0.15, -0.1) is 0 Å². The summed E-state index contributed by atoms with van der Waals surface area (Å²) in [7, 11) is 0. The fourth-order valence-electron chi connectivity index (χ4n) is 3.33. The third-order valence-corrected chi connectivity index (χ3v) is 5.32. The Morgan fingerprint density at radius 3 is 2.44 bits per heavy atom. The highest BCUT2D eigenvalue weighted by Crippen LogP contribution is 2.21. The number of hydrogen-bond donors (Lipinski definition) is 1. The molecule has 1 N–H and O–H groups in total. The molecule has 2 aromatic carbocycles. The van der Waals surface area contributed by atoms with Gasteiger partial charge < -0.3 is 15.1 Å². The van der Waals surface area contributed by atoms with Crippen molar-refractivity contribution in [2.45, 2.75) is 26.2 Å². The minimum absolute atomic E-state index is 0.731. The molecule has 1 aliphatic heterocycles. The molecule has 1 fully saturated rings. The summed E-state index contributed by atoms with van der Waals surface area (Å²) in [4.78, 5) is 4.46. The largest absolute Gasteiger partial charge is 0.367 e. The van der Waals surface area contributed by atoms with Crippen molar-refractivity contribution in [2.75, 3.05) is 36.4 Å². The van der Waals surface area contributed by atoms with E-state index in [1.807, 2.05) is 24.3 Å². The average Bonchev–Trinajstić information content (AvgIpc) is 2.73. The molecule has 0 saturated carbocycles. The molecule has 1 saturated heterocycles. The number of aryl methyl sites for hydroxylation is 1. The maximum absolute atomic E-state index is 9.30. The van der Waals surface area contributed by atoms with E-state index < -0.39 is 0 Å². The summed E-state index contributed by atoms with van der Waals surface area (Å²) in [6.45, 7) is 5.63. The van der Waals surface area contributed by atoms with Gasteiger partial charge >= 0.3 is 0 Å². The van der Waals surface area contributed by atoms with E-state index in [2.05, 4.69) is 52.4 Å². The minimum Gasteiger partial charge on any atom is -0.367 e. The van der Waals surface area contributed by atoms with Gasteiger partial charge in [-0.2, -0.15) is 5.26 Å². The lowest BCUT2D eigenvalue weighted by Gasteiger charge is -2.37. The van der Waals surface area contributed by atoms with E-state index in [9.17, 15) is 5.26 Å². The Hall–Kier alpha value is -2.58. The Labute approximate surface area is 167 Å². The predicted molar refractivity (Wildman–Crippen MR) is 116 cm³/mol. The molecule has 0 aromatic heterocycles. The molecule has 0 aliphatic carbocycles. The van der Waals surface area contributed by atoms with Crippen molar-refractivity contribution < 1.29 is 0 Å². The van der Waals surface area contributed by atoms with E-state index in [0.717, 1.165) is 54.7 Å². The number of para-hydroxylation sites is 1. The molecule has 0 spiro atoms. The molecule has 1 heterocycles. The summed E-state index contributed by atoms with van der Waals surface area (Å²) in [5.41, 5.74) is 4.16. The standard InChI is InChI=1S/C22H26N4S/c1-2-3-6-18-9-11-20(12-10-18)24-22(27)26-15-13-25(14-16-26)21-8-5-4-7-19(21)17-23/h4-5,7-12H,2-3,6,13-16H2,1H3,(H,24,27). The van der Waals surface area contributed by atoms with E-state index in [1.54, 1.807) is 0 Å². The van der Waals surface area contributed by atoms with Gasteiger partial charge in [0.05, 0.1) is 11.3 Å². The van der Waals surface area contributed by atoms with Crippen LogP contribution in [0.5, 0.6) is 0 Å². The van der Waals surface area contributed by atoms with Gasteiger partial charge in [0.1, 0.15) is 6.07 Å². The lowest BCUT2D eigenvalue weighted by atomic mass is 10.1. The molecule has 0 atom stereocenters. The molecular formula is C22H26N4S. The third kappa shape index (κ3) is 4.99. The smallest absolute Gasteiger partial charge is 0.173 e. The predicted octanol–water partition coefficient (Wildman–Crippen LogP) is 4.42. The summed E-state index contributed by atoms with van der Waals surface area (Å²) < 4.78 is 0. The Kier molecular flexibility index (Phi) is 6.67. The number of thiocarbonyl (C=S) groups is 1. The van der Waals surface area contributed by atoms with Crippen LogP contribution < -0.4 is 10.2 Å². The maximum atomic E-state index is 9.30. The topological polar surface area (TPSA) is 42.3 Å². The number of anilines is 2. The fraction of sp³-hybridized carbons (Fsp3) is 0.364. The number of nitriles is 1. The van der Waals surface area contributed by atoms with Gasteiger partial charge in [-0.1, -0.05) is 37.6 Å². The number of rotatable bonds is 5. The molecule has 27 heavy (non-hydrogen) atoms. The lowest BCUT2D eigenvalue weighted by molar-refractivity contribution is 0.391. The Balaban J connectivity index is 1.53. The number of unbranched alkanes of at least 4 members (excludes halogenated alkanes) is 1. The van der Waals surface area contributed by atoms with Crippen molar-refractivity contribution in [1.82, 2.24) is 4.90 Å². The van der Waals surface area contributed by atoms with E-state index in [0.29, 0.717) is 0 Å².